The van der Waals surface area contributed by atoms with Gasteiger partial charge in [0.05, 0.1) is 11.1 Å². The molecule has 0 bridgehead atoms. The van der Waals surface area contributed by atoms with Crippen LogP contribution in [0.2, 0.25) is 18.1 Å². The summed E-state index contributed by atoms with van der Waals surface area (Å²) in [7, 11) is -2.53. The molecule has 1 N–H and O–H groups in total. The number of aromatic amines is 1. The zero-order valence-corrected chi connectivity index (χ0v) is 25.1. The van der Waals surface area contributed by atoms with Crippen molar-refractivity contribution in [3.05, 3.63) is 104 Å². The first kappa shape index (κ1) is 30.2. The average Bonchev–Trinajstić information content (AvgIpc) is 3.26. The number of rotatable bonds is 8. The number of esters is 2. The van der Waals surface area contributed by atoms with Crippen molar-refractivity contribution in [2.24, 2.45) is 0 Å². The van der Waals surface area contributed by atoms with E-state index in [1.54, 1.807) is 67.6 Å². The lowest BCUT2D eigenvalue weighted by Gasteiger charge is -2.42. The second kappa shape index (κ2) is 11.6. The topological polar surface area (TPSA) is 126 Å². The van der Waals surface area contributed by atoms with Crippen LogP contribution in [0.4, 0.5) is 0 Å². The standard InChI is InChI=1S/C30H36N2O8Si/c1-20-18-32(28(36)31-25(20)33)24-17-23(40-41(5,6)29(2,3)4)30(38-24,39-27(35)22-15-11-8-12-16-22)19-37-26(34)21-13-9-7-10-14-21/h7-16,18,23-24H,17,19H2,1-6H3,(H,31,33,36)/t23-,24+,30-/m0/s1. The Morgan fingerprint density at radius 3 is 2.12 bits per heavy atom. The third kappa shape index (κ3) is 6.58. The first-order valence-electron chi connectivity index (χ1n) is 13.4. The van der Waals surface area contributed by atoms with Crippen LogP contribution in [0.1, 0.15) is 59.7 Å². The summed E-state index contributed by atoms with van der Waals surface area (Å²) in [6.07, 6.45) is -0.432. The van der Waals surface area contributed by atoms with Gasteiger partial charge in [0.1, 0.15) is 12.3 Å². The van der Waals surface area contributed by atoms with Gasteiger partial charge in [-0.2, -0.15) is 0 Å². The van der Waals surface area contributed by atoms with Crippen molar-refractivity contribution in [1.82, 2.24) is 9.55 Å². The third-order valence-electron chi connectivity index (χ3n) is 7.63. The number of hydrogen-bond acceptors (Lipinski definition) is 8. The van der Waals surface area contributed by atoms with E-state index in [0.717, 1.165) is 0 Å². The molecule has 1 fully saturated rings. The van der Waals surface area contributed by atoms with Crippen molar-refractivity contribution in [1.29, 1.82) is 0 Å². The highest BCUT2D eigenvalue weighted by atomic mass is 28.4. The molecule has 10 nitrogen and oxygen atoms in total. The molecule has 3 aromatic rings. The highest BCUT2D eigenvalue weighted by molar-refractivity contribution is 6.74. The number of ether oxygens (including phenoxy) is 3. The molecule has 2 heterocycles. The van der Waals surface area contributed by atoms with Crippen LogP contribution in [0, 0.1) is 6.92 Å². The maximum atomic E-state index is 13.4. The van der Waals surface area contributed by atoms with Crippen LogP contribution in [0.15, 0.2) is 76.4 Å². The highest BCUT2D eigenvalue weighted by Crippen LogP contribution is 2.45. The van der Waals surface area contributed by atoms with E-state index < -0.39 is 56.2 Å². The van der Waals surface area contributed by atoms with E-state index >= 15 is 0 Å². The Morgan fingerprint density at radius 2 is 1.56 bits per heavy atom. The molecular weight excluding hydrogens is 544 g/mol. The molecule has 2 aromatic carbocycles. The van der Waals surface area contributed by atoms with Gasteiger partial charge in [-0.15, -0.1) is 0 Å². The van der Waals surface area contributed by atoms with E-state index in [9.17, 15) is 19.2 Å². The monoisotopic (exact) mass is 580 g/mol. The number of nitrogens with zero attached hydrogens (tertiary/aromatic N) is 1. The largest absolute Gasteiger partial charge is 0.455 e. The second-order valence-corrected chi connectivity index (χ2v) is 16.4. The van der Waals surface area contributed by atoms with Gasteiger partial charge in [-0.05, 0) is 49.3 Å². The summed E-state index contributed by atoms with van der Waals surface area (Å²) in [6.45, 7) is 11.3. The molecule has 1 aliphatic rings. The molecule has 0 unspecified atom stereocenters. The molecule has 0 spiro atoms. The minimum atomic E-state index is -2.53. The molecule has 1 aliphatic heterocycles. The van der Waals surface area contributed by atoms with Crippen LogP contribution < -0.4 is 11.2 Å². The Labute approximate surface area is 239 Å². The molecular formula is C30H36N2O8Si. The van der Waals surface area contributed by atoms with Gasteiger partial charge in [0, 0.05) is 18.2 Å². The number of H-pyrrole nitrogens is 1. The van der Waals surface area contributed by atoms with Crippen LogP contribution in [0.3, 0.4) is 0 Å². The lowest BCUT2D eigenvalue weighted by Crippen LogP contribution is -2.55. The molecule has 0 radical (unpaired) electrons. The zero-order valence-electron chi connectivity index (χ0n) is 24.1. The smallest absolute Gasteiger partial charge is 0.340 e. The summed E-state index contributed by atoms with van der Waals surface area (Å²) in [5.74, 6) is -3.26. The first-order valence-corrected chi connectivity index (χ1v) is 16.3. The van der Waals surface area contributed by atoms with Crippen LogP contribution >= 0.6 is 0 Å². The molecule has 3 atom stereocenters. The Morgan fingerprint density at radius 1 is 1.00 bits per heavy atom. The van der Waals surface area contributed by atoms with E-state index in [1.165, 1.54) is 10.8 Å². The summed E-state index contributed by atoms with van der Waals surface area (Å²) < 4.78 is 26.1. The van der Waals surface area contributed by atoms with Crippen molar-refractivity contribution in [2.45, 2.75) is 70.4 Å². The molecule has 4 rings (SSSR count). The van der Waals surface area contributed by atoms with Gasteiger partial charge in [0.25, 0.3) is 11.3 Å². The van der Waals surface area contributed by atoms with E-state index in [1.807, 2.05) is 13.1 Å². The van der Waals surface area contributed by atoms with Gasteiger partial charge in [-0.1, -0.05) is 57.2 Å². The fourth-order valence-electron chi connectivity index (χ4n) is 4.22. The molecule has 1 saturated heterocycles. The van der Waals surface area contributed by atoms with Gasteiger partial charge in [-0.25, -0.2) is 14.4 Å². The van der Waals surface area contributed by atoms with E-state index in [-0.39, 0.29) is 17.0 Å². The highest BCUT2D eigenvalue weighted by Gasteiger charge is 2.57. The Bertz CT molecular complexity index is 1510. The summed E-state index contributed by atoms with van der Waals surface area (Å²) in [6, 6.07) is 16.8. The van der Waals surface area contributed by atoms with Crippen molar-refractivity contribution in [3.63, 3.8) is 0 Å². The minimum Gasteiger partial charge on any atom is -0.455 e. The lowest BCUT2D eigenvalue weighted by atomic mass is 10.1. The minimum absolute atomic E-state index is 0.0862. The van der Waals surface area contributed by atoms with Crippen molar-refractivity contribution >= 4 is 20.3 Å². The average molecular weight is 581 g/mol. The van der Waals surface area contributed by atoms with Gasteiger partial charge in [0.2, 0.25) is 0 Å². The number of nitrogens with one attached hydrogen (secondary N) is 1. The lowest BCUT2D eigenvalue weighted by molar-refractivity contribution is -0.251. The van der Waals surface area contributed by atoms with Gasteiger partial charge in [-0.3, -0.25) is 14.3 Å². The van der Waals surface area contributed by atoms with Gasteiger partial charge < -0.3 is 18.6 Å². The van der Waals surface area contributed by atoms with Crippen molar-refractivity contribution < 1.29 is 28.2 Å². The number of aromatic nitrogens is 2. The van der Waals surface area contributed by atoms with E-state index in [0.29, 0.717) is 11.1 Å². The predicted octanol–water partition coefficient (Wildman–Crippen LogP) is 4.56. The van der Waals surface area contributed by atoms with E-state index in [4.69, 9.17) is 18.6 Å². The Kier molecular flexibility index (Phi) is 8.53. The third-order valence-corrected chi connectivity index (χ3v) is 12.1. The van der Waals surface area contributed by atoms with Gasteiger partial charge in [0.15, 0.2) is 14.9 Å². The maximum Gasteiger partial charge on any atom is 0.340 e. The second-order valence-electron chi connectivity index (χ2n) is 11.7. The summed E-state index contributed by atoms with van der Waals surface area (Å²) in [5.41, 5.74) is -0.346. The number of benzene rings is 2. The van der Waals surface area contributed by atoms with Crippen molar-refractivity contribution in [2.75, 3.05) is 6.61 Å². The molecule has 1 aromatic heterocycles. The quantitative estimate of drug-likeness (QED) is 0.304. The SMILES string of the molecule is Cc1cn([C@H]2C[C@H](O[Si](C)(C)C(C)(C)C)[C@](COC(=O)c3ccccc3)(OC(=O)c3ccccc3)O2)c(=O)[nH]c1=O. The van der Waals surface area contributed by atoms with Crippen LogP contribution in [-0.4, -0.2) is 48.3 Å². The summed E-state index contributed by atoms with van der Waals surface area (Å²) >= 11 is 0. The van der Waals surface area contributed by atoms with Crippen LogP contribution in [0.25, 0.3) is 0 Å². The Balaban J connectivity index is 1.79. The normalized spacial score (nSPS) is 20.9. The molecule has 218 valence electrons. The molecule has 41 heavy (non-hydrogen) atoms. The van der Waals surface area contributed by atoms with E-state index in [2.05, 4.69) is 25.8 Å². The fourth-order valence-corrected chi connectivity index (χ4v) is 5.56. The van der Waals surface area contributed by atoms with Crippen LogP contribution in [-0.2, 0) is 18.6 Å². The molecule has 0 saturated carbocycles. The number of aryl methyl sites for hydroxylation is 1. The first-order chi connectivity index (χ1) is 19.2. The maximum absolute atomic E-state index is 13.4. The molecule has 0 amide bonds. The Hall–Kier alpha value is -3.80. The number of carbonyl (C=O) groups excluding carboxylic acids is 2. The summed E-state index contributed by atoms with van der Waals surface area (Å²) in [5, 5.41) is -0.230. The zero-order chi connectivity index (χ0) is 30.0. The van der Waals surface area contributed by atoms with Gasteiger partial charge >= 0.3 is 17.6 Å². The molecule has 0 aliphatic carbocycles. The molecule has 11 heteroatoms. The number of hydrogen-bond donors (Lipinski definition) is 1. The van der Waals surface area contributed by atoms with Crippen LogP contribution in [0.5, 0.6) is 0 Å². The number of carbonyl (C=O) groups is 2. The predicted molar refractivity (Wildman–Crippen MR) is 154 cm³/mol. The van der Waals surface area contributed by atoms with Crippen molar-refractivity contribution in [3.8, 4) is 0 Å². The fraction of sp³-hybridized carbons (Fsp3) is 0.400. The summed E-state index contributed by atoms with van der Waals surface area (Å²) in [4.78, 5) is 53.6.